The summed E-state index contributed by atoms with van der Waals surface area (Å²) in [6, 6.07) is 8.31. The minimum Gasteiger partial charge on any atom is -0.385 e. The van der Waals surface area contributed by atoms with Crippen molar-refractivity contribution in [3.63, 3.8) is 0 Å². The van der Waals surface area contributed by atoms with Crippen LogP contribution >= 0.6 is 11.5 Å². The summed E-state index contributed by atoms with van der Waals surface area (Å²) in [6.07, 6.45) is 3.87. The minimum atomic E-state index is -3.27. The molecule has 1 fully saturated rings. The van der Waals surface area contributed by atoms with E-state index in [2.05, 4.69) is 43.9 Å². The van der Waals surface area contributed by atoms with Gasteiger partial charge in [-0.1, -0.05) is 16.6 Å². The van der Waals surface area contributed by atoms with E-state index < -0.39 is 14.8 Å². The van der Waals surface area contributed by atoms with E-state index in [0.29, 0.717) is 5.92 Å². The molecule has 1 saturated carbocycles. The first-order valence-electron chi connectivity index (χ1n) is 9.38. The molecule has 8 heteroatoms. The Bertz CT molecular complexity index is 820. The summed E-state index contributed by atoms with van der Waals surface area (Å²) >= 11 is 1.35. The van der Waals surface area contributed by atoms with E-state index in [9.17, 15) is 8.42 Å². The van der Waals surface area contributed by atoms with Crippen molar-refractivity contribution in [1.82, 2.24) is 14.3 Å². The third-order valence-electron chi connectivity index (χ3n) is 5.11. The molecule has 27 heavy (non-hydrogen) atoms. The quantitative estimate of drug-likeness (QED) is 0.757. The Kier molecular flexibility index (Phi) is 6.18. The molecular formula is C19H28N4O2S2. The largest absolute Gasteiger partial charge is 0.385 e. The molecule has 148 valence electrons. The summed E-state index contributed by atoms with van der Waals surface area (Å²) in [5, 5.41) is 9.52. The van der Waals surface area contributed by atoms with Crippen molar-refractivity contribution in [2.45, 2.75) is 57.2 Å². The van der Waals surface area contributed by atoms with Gasteiger partial charge < -0.3 is 5.32 Å². The molecule has 0 radical (unpaired) electrons. The molecule has 0 spiro atoms. The van der Waals surface area contributed by atoms with Crippen LogP contribution in [0.3, 0.4) is 0 Å². The lowest BCUT2D eigenvalue weighted by Gasteiger charge is -2.31. The lowest BCUT2D eigenvalue weighted by atomic mass is 9.86. The maximum Gasteiger partial charge on any atom is 0.216 e. The van der Waals surface area contributed by atoms with Crippen LogP contribution < -0.4 is 10.0 Å². The SMILES string of the molecule is CC(C)(C)S(=O)(=O)NC1CCC(CNc2ccc(-c3csnn3)cc2)CC1. The van der Waals surface area contributed by atoms with Gasteiger partial charge in [-0.3, -0.25) is 0 Å². The number of benzene rings is 1. The Balaban J connectivity index is 1.45. The highest BCUT2D eigenvalue weighted by Crippen LogP contribution is 2.27. The third kappa shape index (κ3) is 5.27. The van der Waals surface area contributed by atoms with Crippen molar-refractivity contribution in [3.8, 4) is 11.3 Å². The summed E-state index contributed by atoms with van der Waals surface area (Å²) in [5.41, 5.74) is 3.07. The van der Waals surface area contributed by atoms with Crippen LogP contribution in [0.15, 0.2) is 29.6 Å². The Morgan fingerprint density at radius 3 is 2.33 bits per heavy atom. The standard InChI is InChI=1S/C19H28N4O2S2/c1-19(2,3)27(24,25)22-17-8-4-14(5-9-17)12-20-16-10-6-15(7-11-16)18-13-26-23-21-18/h6-7,10-11,13-14,17,20,22H,4-5,8-9,12H2,1-3H3. The molecular weight excluding hydrogens is 380 g/mol. The molecule has 1 heterocycles. The number of hydrogen-bond acceptors (Lipinski definition) is 6. The molecule has 0 amide bonds. The van der Waals surface area contributed by atoms with E-state index in [4.69, 9.17) is 0 Å². The van der Waals surface area contributed by atoms with E-state index in [1.807, 2.05) is 5.38 Å². The fourth-order valence-corrected chi connectivity index (χ4v) is 4.69. The van der Waals surface area contributed by atoms with Crippen molar-refractivity contribution >= 4 is 27.2 Å². The first-order valence-corrected chi connectivity index (χ1v) is 11.7. The fourth-order valence-electron chi connectivity index (χ4n) is 3.19. The summed E-state index contributed by atoms with van der Waals surface area (Å²) in [7, 11) is -3.27. The number of anilines is 1. The number of rotatable bonds is 6. The monoisotopic (exact) mass is 408 g/mol. The van der Waals surface area contributed by atoms with Crippen LogP contribution in [0.1, 0.15) is 46.5 Å². The van der Waals surface area contributed by atoms with Crippen LogP contribution in [0.25, 0.3) is 11.3 Å². The fraction of sp³-hybridized carbons (Fsp3) is 0.579. The van der Waals surface area contributed by atoms with Gasteiger partial charge in [0.2, 0.25) is 10.0 Å². The van der Waals surface area contributed by atoms with Gasteiger partial charge in [-0.25, -0.2) is 13.1 Å². The zero-order valence-corrected chi connectivity index (χ0v) is 17.7. The molecule has 1 aromatic heterocycles. The summed E-state index contributed by atoms with van der Waals surface area (Å²) in [5.74, 6) is 0.572. The third-order valence-corrected chi connectivity index (χ3v) is 7.87. The predicted molar refractivity (Wildman–Crippen MR) is 111 cm³/mol. The molecule has 2 N–H and O–H groups in total. The summed E-state index contributed by atoms with van der Waals surface area (Å²) in [4.78, 5) is 0. The molecule has 6 nitrogen and oxygen atoms in total. The van der Waals surface area contributed by atoms with E-state index in [1.165, 1.54) is 11.5 Å². The summed E-state index contributed by atoms with van der Waals surface area (Å²) in [6.45, 7) is 6.12. The van der Waals surface area contributed by atoms with Gasteiger partial charge in [0, 0.05) is 29.2 Å². The van der Waals surface area contributed by atoms with Crippen LogP contribution in [0.5, 0.6) is 0 Å². The van der Waals surface area contributed by atoms with Crippen LogP contribution in [-0.2, 0) is 10.0 Å². The van der Waals surface area contributed by atoms with E-state index in [-0.39, 0.29) is 6.04 Å². The number of nitrogens with one attached hydrogen (secondary N) is 2. The average molecular weight is 409 g/mol. The lowest BCUT2D eigenvalue weighted by molar-refractivity contribution is 0.322. The second-order valence-electron chi connectivity index (χ2n) is 8.20. The molecule has 1 aliphatic rings. The molecule has 1 aromatic carbocycles. The van der Waals surface area contributed by atoms with E-state index >= 15 is 0 Å². The molecule has 2 aromatic rings. The minimum absolute atomic E-state index is 0.0662. The molecule has 0 aliphatic heterocycles. The smallest absolute Gasteiger partial charge is 0.216 e. The Hall–Kier alpha value is -1.51. The van der Waals surface area contributed by atoms with Gasteiger partial charge in [-0.05, 0) is 76.0 Å². The first-order chi connectivity index (χ1) is 12.7. The van der Waals surface area contributed by atoms with Crippen LogP contribution in [0, 0.1) is 5.92 Å². The van der Waals surface area contributed by atoms with Gasteiger partial charge in [-0.2, -0.15) is 0 Å². The Morgan fingerprint density at radius 2 is 1.78 bits per heavy atom. The number of nitrogens with zero attached hydrogens (tertiary/aromatic N) is 2. The number of hydrogen-bond donors (Lipinski definition) is 2. The maximum absolute atomic E-state index is 12.3. The van der Waals surface area contributed by atoms with Crippen LogP contribution in [-0.4, -0.2) is 35.3 Å². The van der Waals surface area contributed by atoms with Crippen molar-refractivity contribution in [1.29, 1.82) is 0 Å². The molecule has 0 saturated heterocycles. The van der Waals surface area contributed by atoms with Gasteiger partial charge in [0.05, 0.1) is 4.75 Å². The molecule has 0 bridgehead atoms. The van der Waals surface area contributed by atoms with Crippen molar-refractivity contribution in [2.75, 3.05) is 11.9 Å². The number of aromatic nitrogens is 2. The molecule has 1 aliphatic carbocycles. The highest BCUT2D eigenvalue weighted by molar-refractivity contribution is 7.90. The van der Waals surface area contributed by atoms with E-state index in [0.717, 1.165) is 49.2 Å². The highest BCUT2D eigenvalue weighted by atomic mass is 32.2. The van der Waals surface area contributed by atoms with Crippen molar-refractivity contribution in [3.05, 3.63) is 29.6 Å². The predicted octanol–water partition coefficient (Wildman–Crippen LogP) is 3.89. The topological polar surface area (TPSA) is 84.0 Å². The highest BCUT2D eigenvalue weighted by Gasteiger charge is 2.32. The van der Waals surface area contributed by atoms with Crippen LogP contribution in [0.4, 0.5) is 5.69 Å². The second kappa shape index (κ2) is 8.24. The number of sulfonamides is 1. The van der Waals surface area contributed by atoms with Crippen molar-refractivity contribution in [2.24, 2.45) is 5.92 Å². The normalized spacial score (nSPS) is 21.1. The Morgan fingerprint density at radius 1 is 1.11 bits per heavy atom. The van der Waals surface area contributed by atoms with Gasteiger partial charge >= 0.3 is 0 Å². The van der Waals surface area contributed by atoms with Gasteiger partial charge in [0.1, 0.15) is 5.69 Å². The average Bonchev–Trinajstić information content (AvgIpc) is 3.15. The maximum atomic E-state index is 12.3. The molecule has 3 rings (SSSR count). The van der Waals surface area contributed by atoms with Crippen LogP contribution in [0.2, 0.25) is 0 Å². The van der Waals surface area contributed by atoms with Gasteiger partial charge in [-0.15, -0.1) is 5.10 Å². The molecule has 0 unspecified atom stereocenters. The summed E-state index contributed by atoms with van der Waals surface area (Å²) < 4.78 is 30.6. The first kappa shape index (κ1) is 20.2. The van der Waals surface area contributed by atoms with Gasteiger partial charge in [0.25, 0.3) is 0 Å². The zero-order chi connectivity index (χ0) is 19.5. The lowest BCUT2D eigenvalue weighted by Crippen LogP contribution is -2.46. The van der Waals surface area contributed by atoms with E-state index in [1.54, 1.807) is 20.8 Å². The van der Waals surface area contributed by atoms with Crippen molar-refractivity contribution < 1.29 is 8.42 Å². The van der Waals surface area contributed by atoms with Gasteiger partial charge in [0.15, 0.2) is 0 Å². The zero-order valence-electron chi connectivity index (χ0n) is 16.1. The molecule has 0 atom stereocenters. The second-order valence-corrected chi connectivity index (χ2v) is 11.3. The Labute approximate surface area is 166 Å².